The molecule has 0 fully saturated rings. The van der Waals surface area contributed by atoms with Gasteiger partial charge in [0.15, 0.2) is 0 Å². The van der Waals surface area contributed by atoms with Gasteiger partial charge in [0, 0.05) is 34.7 Å². The summed E-state index contributed by atoms with van der Waals surface area (Å²) >= 11 is 0. The molecule has 0 radical (unpaired) electrons. The number of phenols is 1. The van der Waals surface area contributed by atoms with Gasteiger partial charge in [-0.05, 0) is 42.7 Å². The molecular weight excluding hydrogens is 341 g/mol. The summed E-state index contributed by atoms with van der Waals surface area (Å²) in [7, 11) is 0. The van der Waals surface area contributed by atoms with Crippen LogP contribution < -0.4 is 0 Å². The van der Waals surface area contributed by atoms with E-state index in [1.165, 1.54) is 4.90 Å². The Bertz CT molecular complexity index is 961. The Balaban J connectivity index is 1.75. The maximum absolute atomic E-state index is 12.8. The lowest BCUT2D eigenvalue weighted by Gasteiger charge is -2.33. The first-order valence-corrected chi connectivity index (χ1v) is 8.57. The second-order valence-electron chi connectivity index (χ2n) is 6.81. The van der Waals surface area contributed by atoms with E-state index < -0.39 is 12.7 Å². The Morgan fingerprint density at radius 1 is 1.19 bits per heavy atom. The number of rotatable bonds is 2. The first-order valence-electron chi connectivity index (χ1n) is 8.57. The quantitative estimate of drug-likeness (QED) is 0.673. The average molecular weight is 360 g/mol. The van der Waals surface area contributed by atoms with Crippen LogP contribution in [0.15, 0.2) is 42.5 Å². The maximum atomic E-state index is 12.8. The fourth-order valence-electron chi connectivity index (χ4n) is 3.86. The van der Waals surface area contributed by atoms with Gasteiger partial charge in [0.25, 0.3) is 0 Å². The van der Waals surface area contributed by atoms with Gasteiger partial charge in [0.05, 0.1) is 6.54 Å². The fraction of sp³-hybridized carbons (Fsp3) is 0.300. The van der Waals surface area contributed by atoms with Crippen LogP contribution in [0.5, 0.6) is 5.75 Å². The number of benzene rings is 2. The summed E-state index contributed by atoms with van der Waals surface area (Å²) < 4.78 is 38.4. The van der Waals surface area contributed by atoms with E-state index in [0.717, 1.165) is 33.3 Å². The lowest BCUT2D eigenvalue weighted by molar-refractivity contribution is -0.151. The molecule has 3 aromatic rings. The number of nitrogens with zero attached hydrogens (tertiary/aromatic N) is 1. The molecule has 2 heterocycles. The molecule has 26 heavy (non-hydrogen) atoms. The smallest absolute Gasteiger partial charge is 0.401 e. The van der Waals surface area contributed by atoms with Gasteiger partial charge in [0.1, 0.15) is 5.75 Å². The molecular formula is C20H19F3N2O. The van der Waals surface area contributed by atoms with Crippen molar-refractivity contribution in [2.45, 2.75) is 25.6 Å². The number of para-hydroxylation sites is 1. The van der Waals surface area contributed by atoms with E-state index in [9.17, 15) is 18.3 Å². The second-order valence-corrected chi connectivity index (χ2v) is 6.81. The molecule has 1 aliphatic rings. The van der Waals surface area contributed by atoms with Crippen molar-refractivity contribution in [1.29, 1.82) is 0 Å². The van der Waals surface area contributed by atoms with E-state index in [1.54, 1.807) is 12.1 Å². The fourth-order valence-corrected chi connectivity index (χ4v) is 3.86. The van der Waals surface area contributed by atoms with Gasteiger partial charge in [-0.25, -0.2) is 0 Å². The molecule has 1 aromatic heterocycles. The summed E-state index contributed by atoms with van der Waals surface area (Å²) in [6.45, 7) is 1.29. The molecule has 1 unspecified atom stereocenters. The predicted molar refractivity (Wildman–Crippen MR) is 95.1 cm³/mol. The predicted octanol–water partition coefficient (Wildman–Crippen LogP) is 5.02. The molecule has 0 bridgehead atoms. The summed E-state index contributed by atoms with van der Waals surface area (Å²) in [5.74, 6) is 0.209. The Labute approximate surface area is 149 Å². The highest BCUT2D eigenvalue weighted by atomic mass is 19.4. The Morgan fingerprint density at radius 3 is 2.69 bits per heavy atom. The highest BCUT2D eigenvalue weighted by Crippen LogP contribution is 2.38. The van der Waals surface area contributed by atoms with Crippen molar-refractivity contribution in [3.63, 3.8) is 0 Å². The zero-order chi connectivity index (χ0) is 18.5. The number of phenolic OH excluding ortho intramolecular Hbond substituents is 1. The zero-order valence-electron chi connectivity index (χ0n) is 14.3. The Hall–Kier alpha value is -2.47. The van der Waals surface area contributed by atoms with Crippen LogP contribution >= 0.6 is 0 Å². The molecule has 2 N–H and O–H groups in total. The molecule has 1 aliphatic heterocycles. The van der Waals surface area contributed by atoms with Crippen LogP contribution in [-0.2, 0) is 6.42 Å². The number of aromatic hydroxyl groups is 1. The number of aromatic amines is 1. The highest BCUT2D eigenvalue weighted by Gasteiger charge is 2.36. The van der Waals surface area contributed by atoms with Crippen LogP contribution in [0.4, 0.5) is 13.2 Å². The number of nitrogens with one attached hydrogen (secondary N) is 1. The standard InChI is InChI=1S/C20H19F3N2O/c1-12-19-15(8-9-25(12)11-20(21,22)23)16-10-13(6-7-17(16)24-19)14-4-2-3-5-18(14)26/h2-7,10,12,24,26H,8-9,11H2,1H3. The van der Waals surface area contributed by atoms with E-state index in [4.69, 9.17) is 0 Å². The molecule has 4 rings (SSSR count). The van der Waals surface area contributed by atoms with Gasteiger partial charge in [-0.15, -0.1) is 0 Å². The van der Waals surface area contributed by atoms with Crippen LogP contribution in [0.3, 0.4) is 0 Å². The van der Waals surface area contributed by atoms with Crippen molar-refractivity contribution in [2.75, 3.05) is 13.1 Å². The minimum Gasteiger partial charge on any atom is -0.507 e. The summed E-state index contributed by atoms with van der Waals surface area (Å²) in [5, 5.41) is 11.1. The van der Waals surface area contributed by atoms with E-state index >= 15 is 0 Å². The molecule has 1 atom stereocenters. The second kappa shape index (κ2) is 6.06. The van der Waals surface area contributed by atoms with Crippen molar-refractivity contribution in [2.24, 2.45) is 0 Å². The molecule has 2 aromatic carbocycles. The van der Waals surface area contributed by atoms with Crippen molar-refractivity contribution in [1.82, 2.24) is 9.88 Å². The number of H-pyrrole nitrogens is 1. The third kappa shape index (κ3) is 2.94. The SMILES string of the molecule is CC1c2[nH]c3ccc(-c4ccccc4O)cc3c2CCN1CC(F)(F)F. The first-order chi connectivity index (χ1) is 12.3. The average Bonchev–Trinajstić information content (AvgIpc) is 2.95. The highest BCUT2D eigenvalue weighted by molar-refractivity contribution is 5.90. The number of fused-ring (bicyclic) bond motifs is 3. The van der Waals surface area contributed by atoms with Crippen molar-refractivity contribution >= 4 is 10.9 Å². The largest absolute Gasteiger partial charge is 0.507 e. The molecule has 0 aliphatic carbocycles. The summed E-state index contributed by atoms with van der Waals surface area (Å²) in [5.41, 5.74) is 4.47. The molecule has 3 nitrogen and oxygen atoms in total. The van der Waals surface area contributed by atoms with Crippen molar-refractivity contribution in [3.8, 4) is 16.9 Å². The number of hydrogen-bond donors (Lipinski definition) is 2. The third-order valence-corrected chi connectivity index (χ3v) is 5.15. The molecule has 0 saturated heterocycles. The number of hydrogen-bond acceptors (Lipinski definition) is 2. The molecule has 6 heteroatoms. The topological polar surface area (TPSA) is 39.3 Å². The Kier molecular flexibility index (Phi) is 3.95. The van der Waals surface area contributed by atoms with E-state index in [-0.39, 0.29) is 11.8 Å². The molecule has 136 valence electrons. The van der Waals surface area contributed by atoms with Gasteiger partial charge in [-0.3, -0.25) is 4.90 Å². The van der Waals surface area contributed by atoms with Gasteiger partial charge < -0.3 is 10.1 Å². The van der Waals surface area contributed by atoms with Crippen LogP contribution in [0.2, 0.25) is 0 Å². The monoisotopic (exact) mass is 360 g/mol. The number of halogens is 3. The summed E-state index contributed by atoms with van der Waals surface area (Å²) in [4.78, 5) is 4.76. The van der Waals surface area contributed by atoms with Gasteiger partial charge >= 0.3 is 6.18 Å². The van der Waals surface area contributed by atoms with Crippen LogP contribution in [0.1, 0.15) is 24.2 Å². The van der Waals surface area contributed by atoms with E-state index in [1.807, 2.05) is 37.3 Å². The van der Waals surface area contributed by atoms with Crippen molar-refractivity contribution in [3.05, 3.63) is 53.7 Å². The normalized spacial score (nSPS) is 18.2. The first kappa shape index (κ1) is 17.0. The lowest BCUT2D eigenvalue weighted by atomic mass is 9.96. The van der Waals surface area contributed by atoms with Crippen molar-refractivity contribution < 1.29 is 18.3 Å². The van der Waals surface area contributed by atoms with Crippen LogP contribution in [0, 0.1) is 0 Å². The summed E-state index contributed by atoms with van der Waals surface area (Å²) in [6, 6.07) is 12.7. The Morgan fingerprint density at radius 2 is 1.96 bits per heavy atom. The summed E-state index contributed by atoms with van der Waals surface area (Å²) in [6.07, 6.45) is -3.63. The van der Waals surface area contributed by atoms with Gasteiger partial charge in [-0.2, -0.15) is 13.2 Å². The van der Waals surface area contributed by atoms with E-state index in [2.05, 4.69) is 4.98 Å². The molecule has 0 saturated carbocycles. The van der Waals surface area contributed by atoms with Crippen LogP contribution in [0.25, 0.3) is 22.0 Å². The van der Waals surface area contributed by atoms with E-state index in [0.29, 0.717) is 13.0 Å². The number of alkyl halides is 3. The maximum Gasteiger partial charge on any atom is 0.401 e. The minimum atomic E-state index is -4.20. The third-order valence-electron chi connectivity index (χ3n) is 5.15. The number of aromatic nitrogens is 1. The van der Waals surface area contributed by atoms with Crippen LogP contribution in [-0.4, -0.2) is 34.3 Å². The zero-order valence-corrected chi connectivity index (χ0v) is 14.3. The lowest BCUT2D eigenvalue weighted by Crippen LogP contribution is -2.40. The van der Waals surface area contributed by atoms with Gasteiger partial charge in [-0.1, -0.05) is 24.3 Å². The minimum absolute atomic E-state index is 0.209. The molecule has 0 amide bonds. The molecule has 0 spiro atoms. The van der Waals surface area contributed by atoms with Gasteiger partial charge in [0.2, 0.25) is 0 Å².